The van der Waals surface area contributed by atoms with Gasteiger partial charge in [0.15, 0.2) is 0 Å². The standard InChI is InChI=1S/C33H33ClFN5O5/c1-39-17-23(32(42)40(2)33(39)43)30(41)37-25-9-5-6-20(28(25)34)21-7-4-8-22(29(21)35)26-16-18-10-11-24(27(18)31(38-26)44-3)36-19-12-14-45-15-13-19/h4-9,16-17,19,24,36H,10-15H2,1-3H3,(H,37,41)/t24-/m0/s1. The summed E-state index contributed by atoms with van der Waals surface area (Å²) in [6.07, 6.45) is 4.79. The number of benzene rings is 2. The maximum Gasteiger partial charge on any atom is 0.330 e. The largest absolute Gasteiger partial charge is 0.481 e. The molecule has 2 N–H and O–H groups in total. The summed E-state index contributed by atoms with van der Waals surface area (Å²) in [6.45, 7) is 1.49. The molecule has 2 aromatic carbocycles. The zero-order valence-electron chi connectivity index (χ0n) is 25.2. The Labute approximate surface area is 263 Å². The quantitative estimate of drug-likeness (QED) is 0.305. The Morgan fingerprint density at radius 3 is 2.53 bits per heavy atom. The predicted molar refractivity (Wildman–Crippen MR) is 170 cm³/mol. The van der Waals surface area contributed by atoms with Gasteiger partial charge in [0.2, 0.25) is 5.88 Å². The lowest BCUT2D eigenvalue weighted by Gasteiger charge is -2.27. The van der Waals surface area contributed by atoms with Crippen LogP contribution >= 0.6 is 11.6 Å². The molecular weight excluding hydrogens is 601 g/mol. The zero-order valence-corrected chi connectivity index (χ0v) is 25.9. The summed E-state index contributed by atoms with van der Waals surface area (Å²) in [5.74, 6) is -0.806. The molecule has 0 bridgehead atoms. The third kappa shape index (κ3) is 5.79. The van der Waals surface area contributed by atoms with Crippen LogP contribution in [0.3, 0.4) is 0 Å². The molecule has 0 saturated carbocycles. The van der Waals surface area contributed by atoms with Gasteiger partial charge in [0.1, 0.15) is 11.4 Å². The summed E-state index contributed by atoms with van der Waals surface area (Å²) in [5.41, 5.74) is 2.01. The van der Waals surface area contributed by atoms with Crippen molar-refractivity contribution in [2.45, 2.75) is 37.8 Å². The van der Waals surface area contributed by atoms with Gasteiger partial charge in [0, 0.05) is 67.8 Å². The average molecular weight is 634 g/mol. The van der Waals surface area contributed by atoms with E-state index in [1.165, 1.54) is 20.3 Å². The zero-order chi connectivity index (χ0) is 31.8. The number of rotatable bonds is 7. The third-order valence-corrected chi connectivity index (χ3v) is 8.92. The number of aryl methyl sites for hydroxylation is 2. The molecular formula is C33H33ClFN5O5. The van der Waals surface area contributed by atoms with Crippen molar-refractivity contribution in [3.63, 3.8) is 0 Å². The Morgan fingerprint density at radius 1 is 1.07 bits per heavy atom. The number of anilines is 1. The first-order valence-corrected chi connectivity index (χ1v) is 15.1. The number of methoxy groups -OCH3 is 1. The molecule has 12 heteroatoms. The van der Waals surface area contributed by atoms with Crippen LogP contribution in [0.5, 0.6) is 5.88 Å². The number of halogens is 2. The van der Waals surface area contributed by atoms with Crippen molar-refractivity contribution in [2.75, 3.05) is 25.6 Å². The molecule has 1 atom stereocenters. The fraction of sp³-hybridized carbons (Fsp3) is 0.333. The lowest BCUT2D eigenvalue weighted by atomic mass is 9.98. The van der Waals surface area contributed by atoms with Crippen LogP contribution in [0.25, 0.3) is 22.4 Å². The van der Waals surface area contributed by atoms with E-state index in [4.69, 9.17) is 26.1 Å². The summed E-state index contributed by atoms with van der Waals surface area (Å²) in [7, 11) is 4.31. The number of fused-ring (bicyclic) bond motifs is 1. The fourth-order valence-electron chi connectivity index (χ4n) is 6.14. The Kier molecular flexibility index (Phi) is 8.59. The van der Waals surface area contributed by atoms with Gasteiger partial charge in [-0.15, -0.1) is 0 Å². The van der Waals surface area contributed by atoms with Gasteiger partial charge in [-0.25, -0.2) is 14.2 Å². The molecule has 0 unspecified atom stereocenters. The molecule has 6 rings (SSSR count). The number of hydrogen-bond donors (Lipinski definition) is 2. The molecule has 1 aliphatic carbocycles. The van der Waals surface area contributed by atoms with E-state index in [2.05, 4.69) is 10.6 Å². The van der Waals surface area contributed by atoms with E-state index in [-0.39, 0.29) is 33.4 Å². The Morgan fingerprint density at radius 2 is 1.78 bits per heavy atom. The smallest absolute Gasteiger partial charge is 0.330 e. The van der Waals surface area contributed by atoms with Gasteiger partial charge in [-0.1, -0.05) is 35.9 Å². The van der Waals surface area contributed by atoms with Crippen molar-refractivity contribution in [1.29, 1.82) is 0 Å². The first kappa shape index (κ1) is 30.7. The fourth-order valence-corrected chi connectivity index (χ4v) is 6.42. The number of carbonyl (C=O) groups excluding carboxylic acids is 1. The van der Waals surface area contributed by atoms with Gasteiger partial charge in [0.25, 0.3) is 11.5 Å². The molecule has 1 amide bonds. The molecule has 1 fully saturated rings. The Hall–Kier alpha value is -4.32. The van der Waals surface area contributed by atoms with Crippen molar-refractivity contribution < 1.29 is 18.7 Å². The maximum absolute atomic E-state index is 16.3. The van der Waals surface area contributed by atoms with Gasteiger partial charge in [-0.05, 0) is 49.4 Å². The minimum absolute atomic E-state index is 0.0880. The van der Waals surface area contributed by atoms with Crippen molar-refractivity contribution in [2.24, 2.45) is 14.1 Å². The molecule has 45 heavy (non-hydrogen) atoms. The summed E-state index contributed by atoms with van der Waals surface area (Å²) < 4.78 is 29.5. The van der Waals surface area contributed by atoms with Crippen molar-refractivity contribution in [1.82, 2.24) is 19.4 Å². The highest BCUT2D eigenvalue weighted by Gasteiger charge is 2.31. The van der Waals surface area contributed by atoms with Crippen LogP contribution in [0.2, 0.25) is 5.02 Å². The van der Waals surface area contributed by atoms with Crippen molar-refractivity contribution in [3.05, 3.63) is 97.0 Å². The number of pyridine rings is 1. The van der Waals surface area contributed by atoms with Crippen LogP contribution in [0, 0.1) is 5.82 Å². The number of nitrogens with zero attached hydrogens (tertiary/aromatic N) is 3. The number of ether oxygens (including phenoxy) is 2. The highest BCUT2D eigenvalue weighted by Crippen LogP contribution is 2.42. The van der Waals surface area contributed by atoms with E-state index in [0.717, 1.165) is 59.2 Å². The number of amides is 1. The SMILES string of the molecule is COc1nc(-c2cccc(-c3cccc(NC(=O)c4cn(C)c(=O)n(C)c4=O)c3Cl)c2F)cc2c1[C@@H](NC1CCOCC1)CC2. The maximum atomic E-state index is 16.3. The highest BCUT2D eigenvalue weighted by molar-refractivity contribution is 6.36. The number of nitrogens with one attached hydrogen (secondary N) is 2. The molecule has 10 nitrogen and oxygen atoms in total. The lowest BCUT2D eigenvalue weighted by molar-refractivity contribution is 0.0747. The number of hydrogen-bond acceptors (Lipinski definition) is 7. The van der Waals surface area contributed by atoms with Crippen LogP contribution in [0.1, 0.15) is 46.8 Å². The average Bonchev–Trinajstić information content (AvgIpc) is 3.45. The molecule has 1 saturated heterocycles. The molecule has 0 radical (unpaired) electrons. The molecule has 2 aliphatic rings. The van der Waals surface area contributed by atoms with Crippen molar-refractivity contribution >= 4 is 23.2 Å². The second-order valence-electron chi connectivity index (χ2n) is 11.3. The molecule has 2 aromatic heterocycles. The van der Waals surface area contributed by atoms with Gasteiger partial charge < -0.3 is 24.7 Å². The van der Waals surface area contributed by atoms with E-state index in [9.17, 15) is 14.4 Å². The van der Waals surface area contributed by atoms with Gasteiger partial charge >= 0.3 is 5.69 Å². The normalized spacial score (nSPS) is 16.4. The Balaban J connectivity index is 1.32. The van der Waals surface area contributed by atoms with Crippen LogP contribution in [-0.2, 0) is 25.3 Å². The van der Waals surface area contributed by atoms with Crippen molar-refractivity contribution in [3.8, 4) is 28.3 Å². The summed E-state index contributed by atoms with van der Waals surface area (Å²) in [5, 5.41) is 6.46. The van der Waals surface area contributed by atoms with E-state index in [1.807, 2.05) is 6.07 Å². The second kappa shape index (κ2) is 12.6. The van der Waals surface area contributed by atoms with E-state index in [1.54, 1.807) is 43.5 Å². The van der Waals surface area contributed by atoms with Gasteiger partial charge in [-0.3, -0.25) is 14.2 Å². The summed E-state index contributed by atoms with van der Waals surface area (Å²) >= 11 is 6.72. The van der Waals surface area contributed by atoms with Crippen LogP contribution in [0.4, 0.5) is 10.1 Å². The Bertz CT molecular complexity index is 1920. The van der Waals surface area contributed by atoms with E-state index < -0.39 is 23.0 Å². The van der Waals surface area contributed by atoms with Gasteiger partial charge in [-0.2, -0.15) is 0 Å². The first-order chi connectivity index (χ1) is 21.7. The summed E-state index contributed by atoms with van der Waals surface area (Å²) in [4.78, 5) is 42.4. The minimum atomic E-state index is -0.751. The minimum Gasteiger partial charge on any atom is -0.481 e. The highest BCUT2D eigenvalue weighted by atomic mass is 35.5. The molecule has 3 heterocycles. The first-order valence-electron chi connectivity index (χ1n) is 14.7. The molecule has 4 aromatic rings. The van der Waals surface area contributed by atoms with Crippen LogP contribution in [-0.4, -0.2) is 46.4 Å². The van der Waals surface area contributed by atoms with Gasteiger partial charge in [0.05, 0.1) is 23.5 Å². The van der Waals surface area contributed by atoms with E-state index >= 15 is 4.39 Å². The molecule has 0 spiro atoms. The molecule has 1 aliphatic heterocycles. The second-order valence-corrected chi connectivity index (χ2v) is 11.7. The third-order valence-electron chi connectivity index (χ3n) is 8.51. The van der Waals surface area contributed by atoms with E-state index in [0.29, 0.717) is 23.2 Å². The number of aromatic nitrogens is 3. The lowest BCUT2D eigenvalue weighted by Crippen LogP contribution is -2.40. The van der Waals surface area contributed by atoms with Crippen LogP contribution < -0.4 is 26.6 Å². The molecule has 234 valence electrons. The number of carbonyl (C=O) groups is 1. The monoisotopic (exact) mass is 633 g/mol. The van der Waals surface area contributed by atoms with Crippen LogP contribution in [0.15, 0.2) is 58.3 Å². The topological polar surface area (TPSA) is 116 Å². The predicted octanol–water partition coefficient (Wildman–Crippen LogP) is 4.62. The summed E-state index contributed by atoms with van der Waals surface area (Å²) in [6, 6.07) is 12.2.